The summed E-state index contributed by atoms with van der Waals surface area (Å²) >= 11 is 0. The van der Waals surface area contributed by atoms with Gasteiger partial charge in [-0.15, -0.1) is 0 Å². The van der Waals surface area contributed by atoms with Crippen molar-refractivity contribution in [2.24, 2.45) is 5.92 Å². The first-order valence-electron chi connectivity index (χ1n) is 7.57. The van der Waals surface area contributed by atoms with Crippen molar-refractivity contribution in [1.29, 1.82) is 0 Å². The summed E-state index contributed by atoms with van der Waals surface area (Å²) in [5, 5.41) is 7.65. The van der Waals surface area contributed by atoms with Crippen molar-refractivity contribution in [2.45, 2.75) is 46.2 Å². The fraction of sp³-hybridized carbons (Fsp3) is 0.733. The summed E-state index contributed by atoms with van der Waals surface area (Å²) < 4.78 is 1.82. The number of hydrogen-bond acceptors (Lipinski definition) is 3. The van der Waals surface area contributed by atoms with Crippen LogP contribution in [0.5, 0.6) is 0 Å². The van der Waals surface area contributed by atoms with Gasteiger partial charge in [0.2, 0.25) is 5.91 Å². The minimum absolute atomic E-state index is 0.0920. The van der Waals surface area contributed by atoms with Gasteiger partial charge in [-0.1, -0.05) is 0 Å². The van der Waals surface area contributed by atoms with E-state index in [-0.39, 0.29) is 5.91 Å². The van der Waals surface area contributed by atoms with Crippen molar-refractivity contribution in [3.63, 3.8) is 0 Å². The van der Waals surface area contributed by atoms with E-state index in [4.69, 9.17) is 0 Å². The van der Waals surface area contributed by atoms with Gasteiger partial charge in [0.05, 0.1) is 5.69 Å². The number of carbonyl (C=O) groups is 1. The first-order chi connectivity index (χ1) is 9.54. The van der Waals surface area contributed by atoms with Crippen molar-refractivity contribution < 1.29 is 4.79 Å². The number of fused-ring (bicyclic) bond motifs is 3. The van der Waals surface area contributed by atoms with E-state index in [9.17, 15) is 4.79 Å². The highest BCUT2D eigenvalue weighted by atomic mass is 16.2. The first kappa shape index (κ1) is 13.6. The quantitative estimate of drug-likeness (QED) is 0.897. The molecule has 1 aromatic heterocycles. The monoisotopic (exact) mass is 276 g/mol. The highest BCUT2D eigenvalue weighted by Crippen LogP contribution is 2.27. The third-order valence-corrected chi connectivity index (χ3v) is 5.04. The van der Waals surface area contributed by atoms with E-state index < -0.39 is 0 Å². The fourth-order valence-corrected chi connectivity index (χ4v) is 3.46. The molecule has 5 heteroatoms. The van der Waals surface area contributed by atoms with Crippen molar-refractivity contribution in [3.05, 3.63) is 17.0 Å². The number of nitrogens with zero attached hydrogens (tertiary/aromatic N) is 3. The van der Waals surface area contributed by atoms with Gasteiger partial charge in [0.25, 0.3) is 0 Å². The Morgan fingerprint density at radius 2 is 2.00 bits per heavy atom. The van der Waals surface area contributed by atoms with Gasteiger partial charge in [0.15, 0.2) is 0 Å². The lowest BCUT2D eigenvalue weighted by molar-refractivity contribution is -0.124. The molecule has 5 nitrogen and oxygen atoms in total. The summed E-state index contributed by atoms with van der Waals surface area (Å²) in [5.74, 6) is 0.764. The highest BCUT2D eigenvalue weighted by Gasteiger charge is 2.34. The Morgan fingerprint density at radius 1 is 1.30 bits per heavy atom. The number of amides is 1. The molecule has 110 valence electrons. The second-order valence-corrected chi connectivity index (χ2v) is 6.27. The van der Waals surface area contributed by atoms with Crippen LogP contribution in [0.3, 0.4) is 0 Å². The molecule has 1 amide bonds. The Morgan fingerprint density at radius 3 is 2.50 bits per heavy atom. The van der Waals surface area contributed by atoms with E-state index in [0.29, 0.717) is 18.5 Å². The van der Waals surface area contributed by atoms with Crippen LogP contribution in [0.2, 0.25) is 0 Å². The average molecular weight is 276 g/mol. The molecule has 1 atom stereocenters. The number of piperidine rings is 3. The lowest BCUT2D eigenvalue weighted by atomic mass is 9.84. The molecule has 0 aromatic carbocycles. The van der Waals surface area contributed by atoms with E-state index in [1.54, 1.807) is 0 Å². The lowest BCUT2D eigenvalue weighted by Crippen LogP contribution is -2.57. The second kappa shape index (κ2) is 5.20. The zero-order valence-electron chi connectivity index (χ0n) is 12.6. The molecule has 3 aliphatic heterocycles. The summed E-state index contributed by atoms with van der Waals surface area (Å²) in [6, 6.07) is 0.336. The van der Waals surface area contributed by atoms with Crippen molar-refractivity contribution >= 4 is 5.91 Å². The van der Waals surface area contributed by atoms with Crippen molar-refractivity contribution in [1.82, 2.24) is 20.0 Å². The van der Waals surface area contributed by atoms with Gasteiger partial charge in [-0.05, 0) is 58.2 Å². The molecule has 4 rings (SSSR count). The van der Waals surface area contributed by atoms with Gasteiger partial charge in [-0.3, -0.25) is 9.48 Å². The topological polar surface area (TPSA) is 50.2 Å². The standard InChI is InChI=1S/C15H24N4O/c1-10-11(2)17-19(12(10)3)9-15(20)16-14-8-18-6-4-13(14)5-7-18/h13-14H,4-9H2,1-3H3,(H,16,20)/t14-/m1/s1. The molecule has 0 unspecified atom stereocenters. The minimum atomic E-state index is 0.0920. The lowest BCUT2D eigenvalue weighted by Gasteiger charge is -2.44. The van der Waals surface area contributed by atoms with Gasteiger partial charge in [0, 0.05) is 18.3 Å². The number of carbonyl (C=O) groups excluding carboxylic acids is 1. The number of rotatable bonds is 3. The summed E-state index contributed by atoms with van der Waals surface area (Å²) in [6.45, 7) is 9.83. The smallest absolute Gasteiger partial charge is 0.242 e. The molecule has 20 heavy (non-hydrogen) atoms. The molecule has 4 heterocycles. The zero-order valence-corrected chi connectivity index (χ0v) is 12.6. The van der Waals surface area contributed by atoms with Crippen molar-refractivity contribution in [3.8, 4) is 0 Å². The van der Waals surface area contributed by atoms with E-state index in [1.807, 2.05) is 18.5 Å². The maximum absolute atomic E-state index is 12.2. The Balaban J connectivity index is 1.61. The summed E-state index contributed by atoms with van der Waals surface area (Å²) in [4.78, 5) is 14.7. The zero-order chi connectivity index (χ0) is 14.3. The van der Waals surface area contributed by atoms with Crippen LogP contribution in [0.4, 0.5) is 0 Å². The van der Waals surface area contributed by atoms with E-state index in [0.717, 1.165) is 17.9 Å². The Bertz CT molecular complexity index is 514. The third-order valence-electron chi connectivity index (χ3n) is 5.04. The maximum Gasteiger partial charge on any atom is 0.242 e. The third kappa shape index (κ3) is 2.46. The number of hydrogen-bond donors (Lipinski definition) is 1. The van der Waals surface area contributed by atoms with Crippen LogP contribution in [0.25, 0.3) is 0 Å². The van der Waals surface area contributed by atoms with Crippen molar-refractivity contribution in [2.75, 3.05) is 19.6 Å². The van der Waals surface area contributed by atoms with Crippen LogP contribution in [0.1, 0.15) is 29.8 Å². The van der Waals surface area contributed by atoms with Gasteiger partial charge in [-0.2, -0.15) is 5.10 Å². The van der Waals surface area contributed by atoms with Crippen LogP contribution in [-0.4, -0.2) is 46.3 Å². The molecule has 0 spiro atoms. The van der Waals surface area contributed by atoms with Gasteiger partial charge < -0.3 is 10.2 Å². The molecule has 0 saturated carbocycles. The number of aryl methyl sites for hydroxylation is 1. The van der Waals surface area contributed by atoms with Crippen LogP contribution in [-0.2, 0) is 11.3 Å². The fourth-order valence-electron chi connectivity index (χ4n) is 3.46. The van der Waals surface area contributed by atoms with Gasteiger partial charge >= 0.3 is 0 Å². The highest BCUT2D eigenvalue weighted by molar-refractivity contribution is 5.76. The molecule has 3 fully saturated rings. The molecule has 3 aliphatic rings. The predicted octanol–water partition coefficient (Wildman–Crippen LogP) is 1.02. The summed E-state index contributed by atoms with van der Waals surface area (Å²) in [6.07, 6.45) is 2.45. The molecular formula is C15H24N4O. The van der Waals surface area contributed by atoms with Gasteiger partial charge in [0.1, 0.15) is 6.54 Å². The second-order valence-electron chi connectivity index (χ2n) is 6.27. The molecule has 1 N–H and O–H groups in total. The SMILES string of the molecule is Cc1nn(CC(=O)N[C@@H]2CN3CCC2CC3)c(C)c1C. The molecule has 3 saturated heterocycles. The Kier molecular flexibility index (Phi) is 3.54. The Labute approximate surface area is 120 Å². The molecule has 0 aliphatic carbocycles. The van der Waals surface area contributed by atoms with Crippen LogP contribution >= 0.6 is 0 Å². The summed E-state index contributed by atoms with van der Waals surface area (Å²) in [5.41, 5.74) is 3.28. The largest absolute Gasteiger partial charge is 0.350 e. The maximum atomic E-state index is 12.2. The van der Waals surface area contributed by atoms with E-state index in [2.05, 4.69) is 22.2 Å². The number of aromatic nitrogens is 2. The summed E-state index contributed by atoms with van der Waals surface area (Å²) in [7, 11) is 0. The molecule has 0 radical (unpaired) electrons. The van der Waals surface area contributed by atoms with E-state index >= 15 is 0 Å². The molecular weight excluding hydrogens is 252 g/mol. The van der Waals surface area contributed by atoms with Crippen LogP contribution in [0, 0.1) is 26.7 Å². The molecule has 1 aromatic rings. The van der Waals surface area contributed by atoms with Crippen LogP contribution in [0.15, 0.2) is 0 Å². The number of nitrogens with one attached hydrogen (secondary N) is 1. The Hall–Kier alpha value is -1.36. The normalized spacial score (nSPS) is 28.6. The van der Waals surface area contributed by atoms with Gasteiger partial charge in [-0.25, -0.2) is 0 Å². The van der Waals surface area contributed by atoms with Crippen LogP contribution < -0.4 is 5.32 Å². The molecule has 2 bridgehead atoms. The van der Waals surface area contributed by atoms with E-state index in [1.165, 1.54) is 31.5 Å². The predicted molar refractivity (Wildman–Crippen MR) is 77.5 cm³/mol. The minimum Gasteiger partial charge on any atom is -0.350 e. The first-order valence-corrected chi connectivity index (χ1v) is 7.57. The average Bonchev–Trinajstić information content (AvgIpc) is 2.67.